The predicted molar refractivity (Wildman–Crippen MR) is 99.6 cm³/mol. The molecule has 1 amide bonds. The Morgan fingerprint density at radius 3 is 2.52 bits per heavy atom. The van der Waals surface area contributed by atoms with Crippen molar-refractivity contribution in [2.24, 2.45) is 0 Å². The average Bonchev–Trinajstić information content (AvgIpc) is 3.12. The number of nitrogens with one attached hydrogen (secondary N) is 1. The maximum atomic E-state index is 12.2. The second-order valence-electron chi connectivity index (χ2n) is 5.85. The molecule has 150 valence electrons. The molecule has 2 aromatic rings. The second kappa shape index (κ2) is 8.15. The second-order valence-corrected chi connectivity index (χ2v) is 6.26. The van der Waals surface area contributed by atoms with Crippen LogP contribution in [0.2, 0.25) is 5.02 Å². The molecule has 3 rings (SSSR count). The Balaban J connectivity index is 1.69. The Morgan fingerprint density at radius 2 is 1.86 bits per heavy atom. The van der Waals surface area contributed by atoms with E-state index < -0.39 is 23.4 Å². The molecule has 0 unspecified atom stereocenters. The SMILES string of the molecule is CC(=O)c1cc2c(cc1NC(=O)COC(=O)c1cc([N+](=O)[O-])ccc1Cl)OCO2. The Labute approximate surface area is 168 Å². The number of ether oxygens (including phenoxy) is 3. The lowest BCUT2D eigenvalue weighted by atomic mass is 10.1. The minimum Gasteiger partial charge on any atom is -0.454 e. The van der Waals surface area contributed by atoms with Crippen molar-refractivity contribution in [2.75, 3.05) is 18.7 Å². The van der Waals surface area contributed by atoms with Gasteiger partial charge in [0.25, 0.3) is 11.6 Å². The summed E-state index contributed by atoms with van der Waals surface area (Å²) in [5, 5.41) is 13.2. The number of halogens is 1. The summed E-state index contributed by atoms with van der Waals surface area (Å²) in [7, 11) is 0. The van der Waals surface area contributed by atoms with Gasteiger partial charge in [0.1, 0.15) is 0 Å². The highest BCUT2D eigenvalue weighted by Crippen LogP contribution is 2.37. The molecule has 2 aromatic carbocycles. The molecule has 0 aliphatic carbocycles. The Morgan fingerprint density at radius 1 is 1.17 bits per heavy atom. The van der Waals surface area contributed by atoms with Crippen molar-refractivity contribution in [1.82, 2.24) is 0 Å². The standard InChI is InChI=1S/C18H13ClN2O8/c1-9(22)11-5-15-16(29-8-28-15)6-14(11)20-17(23)7-27-18(24)12-4-10(21(25)26)2-3-13(12)19/h2-6H,7-8H2,1H3,(H,20,23). The van der Waals surface area contributed by atoms with Gasteiger partial charge in [-0.3, -0.25) is 19.7 Å². The number of amides is 1. The van der Waals surface area contributed by atoms with E-state index in [-0.39, 0.29) is 40.1 Å². The molecular formula is C18H13ClN2O8. The van der Waals surface area contributed by atoms with Crippen LogP contribution in [0.15, 0.2) is 30.3 Å². The summed E-state index contributed by atoms with van der Waals surface area (Å²) in [6.07, 6.45) is 0. The molecular weight excluding hydrogens is 408 g/mol. The zero-order chi connectivity index (χ0) is 21.1. The molecule has 0 radical (unpaired) electrons. The fourth-order valence-corrected chi connectivity index (χ4v) is 2.71. The number of ketones is 1. The average molecular weight is 421 g/mol. The lowest BCUT2D eigenvalue weighted by Gasteiger charge is -2.11. The third-order valence-corrected chi connectivity index (χ3v) is 4.21. The lowest BCUT2D eigenvalue weighted by Crippen LogP contribution is -2.22. The molecule has 1 aliphatic heterocycles. The largest absolute Gasteiger partial charge is 0.454 e. The number of rotatable bonds is 6. The van der Waals surface area contributed by atoms with Crippen LogP contribution in [0, 0.1) is 10.1 Å². The maximum Gasteiger partial charge on any atom is 0.340 e. The van der Waals surface area contributed by atoms with Gasteiger partial charge in [0.2, 0.25) is 6.79 Å². The van der Waals surface area contributed by atoms with Gasteiger partial charge in [0.05, 0.1) is 21.2 Å². The number of benzene rings is 2. The zero-order valence-corrected chi connectivity index (χ0v) is 15.6. The summed E-state index contributed by atoms with van der Waals surface area (Å²) in [4.78, 5) is 46.2. The molecule has 0 saturated heterocycles. The van der Waals surface area contributed by atoms with E-state index >= 15 is 0 Å². The normalized spacial score (nSPS) is 11.7. The van der Waals surface area contributed by atoms with E-state index in [1.165, 1.54) is 25.1 Å². The minimum atomic E-state index is -1.01. The van der Waals surface area contributed by atoms with Crippen LogP contribution in [0.1, 0.15) is 27.6 Å². The van der Waals surface area contributed by atoms with E-state index in [1.807, 2.05) is 0 Å². The van der Waals surface area contributed by atoms with Crippen LogP contribution in [0.3, 0.4) is 0 Å². The molecule has 1 heterocycles. The summed E-state index contributed by atoms with van der Waals surface area (Å²) in [5.41, 5.74) is -0.245. The van der Waals surface area contributed by atoms with Gasteiger partial charge in [0.15, 0.2) is 23.9 Å². The summed E-state index contributed by atoms with van der Waals surface area (Å²) in [6.45, 7) is 0.604. The van der Waals surface area contributed by atoms with E-state index in [0.717, 1.165) is 12.1 Å². The number of Topliss-reactive ketones (excluding diaryl/α,β-unsaturated/α-hetero) is 1. The first-order chi connectivity index (χ1) is 13.8. The topological polar surface area (TPSA) is 134 Å². The molecule has 11 heteroatoms. The van der Waals surface area contributed by atoms with Crippen LogP contribution in [-0.4, -0.2) is 36.0 Å². The van der Waals surface area contributed by atoms with E-state index in [9.17, 15) is 24.5 Å². The fraction of sp³-hybridized carbons (Fsp3) is 0.167. The first kappa shape index (κ1) is 20.1. The molecule has 0 spiro atoms. The van der Waals surface area contributed by atoms with Crippen molar-refractivity contribution in [3.8, 4) is 11.5 Å². The van der Waals surface area contributed by atoms with Gasteiger partial charge < -0.3 is 19.5 Å². The number of anilines is 1. The van der Waals surface area contributed by atoms with Crippen molar-refractivity contribution < 1.29 is 33.5 Å². The lowest BCUT2D eigenvalue weighted by molar-refractivity contribution is -0.384. The summed E-state index contributed by atoms with van der Waals surface area (Å²) in [5.74, 6) is -1.34. The Kier molecular flexibility index (Phi) is 5.64. The predicted octanol–water partition coefficient (Wildman–Crippen LogP) is 2.98. The number of nitrogens with zero attached hydrogens (tertiary/aromatic N) is 1. The van der Waals surface area contributed by atoms with E-state index in [2.05, 4.69) is 5.32 Å². The smallest absolute Gasteiger partial charge is 0.340 e. The number of carbonyl (C=O) groups is 3. The number of carbonyl (C=O) groups excluding carboxylic acids is 3. The molecule has 0 bridgehead atoms. The Bertz CT molecular complexity index is 1040. The number of nitro benzene ring substituents is 1. The van der Waals surface area contributed by atoms with Crippen LogP contribution in [0.4, 0.5) is 11.4 Å². The highest BCUT2D eigenvalue weighted by atomic mass is 35.5. The number of esters is 1. The quantitative estimate of drug-likeness (QED) is 0.326. The van der Waals surface area contributed by atoms with Gasteiger partial charge in [0, 0.05) is 23.8 Å². The summed E-state index contributed by atoms with van der Waals surface area (Å²) in [6, 6.07) is 6.14. The Hall–Kier alpha value is -3.66. The van der Waals surface area contributed by atoms with Crippen LogP contribution in [-0.2, 0) is 9.53 Å². The number of hydrogen-bond acceptors (Lipinski definition) is 8. The highest BCUT2D eigenvalue weighted by molar-refractivity contribution is 6.33. The number of non-ortho nitro benzene ring substituents is 1. The molecule has 0 saturated carbocycles. The van der Waals surface area contributed by atoms with Crippen LogP contribution >= 0.6 is 11.6 Å². The minimum absolute atomic E-state index is 0.00827. The van der Waals surface area contributed by atoms with Gasteiger partial charge in [-0.05, 0) is 19.1 Å². The van der Waals surface area contributed by atoms with Gasteiger partial charge in [-0.15, -0.1) is 0 Å². The first-order valence-electron chi connectivity index (χ1n) is 8.11. The third-order valence-electron chi connectivity index (χ3n) is 3.88. The summed E-state index contributed by atoms with van der Waals surface area (Å²) >= 11 is 5.86. The van der Waals surface area contributed by atoms with Crippen molar-refractivity contribution >= 4 is 40.6 Å². The highest BCUT2D eigenvalue weighted by Gasteiger charge is 2.22. The molecule has 1 N–H and O–H groups in total. The monoisotopic (exact) mass is 420 g/mol. The molecule has 0 fully saturated rings. The van der Waals surface area contributed by atoms with E-state index in [1.54, 1.807) is 0 Å². The number of hydrogen-bond donors (Lipinski definition) is 1. The van der Waals surface area contributed by atoms with Crippen molar-refractivity contribution in [3.05, 3.63) is 56.6 Å². The van der Waals surface area contributed by atoms with Crippen LogP contribution < -0.4 is 14.8 Å². The van der Waals surface area contributed by atoms with Crippen molar-refractivity contribution in [2.45, 2.75) is 6.92 Å². The molecule has 10 nitrogen and oxygen atoms in total. The maximum absolute atomic E-state index is 12.2. The molecule has 0 aromatic heterocycles. The van der Waals surface area contributed by atoms with Gasteiger partial charge in [-0.1, -0.05) is 11.6 Å². The number of fused-ring (bicyclic) bond motifs is 1. The fourth-order valence-electron chi connectivity index (χ4n) is 2.52. The van der Waals surface area contributed by atoms with Gasteiger partial charge in [-0.25, -0.2) is 4.79 Å². The van der Waals surface area contributed by atoms with E-state index in [0.29, 0.717) is 11.5 Å². The first-order valence-corrected chi connectivity index (χ1v) is 8.49. The van der Waals surface area contributed by atoms with Crippen molar-refractivity contribution in [3.63, 3.8) is 0 Å². The van der Waals surface area contributed by atoms with Crippen molar-refractivity contribution in [1.29, 1.82) is 0 Å². The van der Waals surface area contributed by atoms with Crippen LogP contribution in [0.25, 0.3) is 0 Å². The molecule has 29 heavy (non-hydrogen) atoms. The zero-order valence-electron chi connectivity index (χ0n) is 14.9. The van der Waals surface area contributed by atoms with Gasteiger partial charge in [-0.2, -0.15) is 0 Å². The van der Waals surface area contributed by atoms with Gasteiger partial charge >= 0.3 is 5.97 Å². The third kappa shape index (κ3) is 4.43. The number of nitro groups is 1. The van der Waals surface area contributed by atoms with Crippen LogP contribution in [0.5, 0.6) is 11.5 Å². The molecule has 1 aliphatic rings. The van der Waals surface area contributed by atoms with E-state index in [4.69, 9.17) is 25.8 Å². The summed E-state index contributed by atoms with van der Waals surface area (Å²) < 4.78 is 15.3. The molecule has 0 atom stereocenters.